The Balaban J connectivity index is 2.47. The zero-order valence-corrected chi connectivity index (χ0v) is 9.68. The molecule has 0 aliphatic heterocycles. The largest absolute Gasteiger partial charge is 0.392 e. The zero-order chi connectivity index (χ0) is 10.4. The summed E-state index contributed by atoms with van der Waals surface area (Å²) in [5.41, 5.74) is 2.53. The number of aliphatic hydroxyl groups excluding tert-OH is 1. The van der Waals surface area contributed by atoms with E-state index in [0.29, 0.717) is 0 Å². The fourth-order valence-corrected chi connectivity index (χ4v) is 2.03. The Bertz CT molecular complexity index is 273. The van der Waals surface area contributed by atoms with Gasteiger partial charge in [-0.15, -0.1) is 0 Å². The first-order valence-electron chi connectivity index (χ1n) is 5.04. The van der Waals surface area contributed by atoms with Gasteiger partial charge in [-0.1, -0.05) is 31.2 Å². The van der Waals surface area contributed by atoms with Gasteiger partial charge in [-0.25, -0.2) is 0 Å². The van der Waals surface area contributed by atoms with Gasteiger partial charge in [0.2, 0.25) is 0 Å². The summed E-state index contributed by atoms with van der Waals surface area (Å²) < 4.78 is 0. The molecule has 0 bridgehead atoms. The third kappa shape index (κ3) is 3.72. The van der Waals surface area contributed by atoms with Crippen LogP contribution in [0.1, 0.15) is 18.1 Å². The second-order valence-corrected chi connectivity index (χ2v) is 4.76. The van der Waals surface area contributed by atoms with Crippen LogP contribution in [0.2, 0.25) is 0 Å². The van der Waals surface area contributed by atoms with Crippen LogP contribution in [-0.2, 0) is 6.42 Å². The molecule has 0 spiro atoms. The van der Waals surface area contributed by atoms with Crippen molar-refractivity contribution in [1.82, 2.24) is 0 Å². The summed E-state index contributed by atoms with van der Waals surface area (Å²) in [4.78, 5) is 0. The zero-order valence-electron chi connectivity index (χ0n) is 8.86. The van der Waals surface area contributed by atoms with Gasteiger partial charge < -0.3 is 5.11 Å². The lowest BCUT2D eigenvalue weighted by atomic mass is 10.0. The molecule has 0 heterocycles. The molecule has 1 nitrogen and oxygen atoms in total. The minimum absolute atomic E-state index is 0.207. The van der Waals surface area contributed by atoms with Gasteiger partial charge in [0.1, 0.15) is 0 Å². The standard InChI is InChI=1S/C12H18OS/c1-3-14-9-12(13)8-11-7-5-4-6-10(11)2/h4-7,12-13H,3,8-9H2,1-2H3. The van der Waals surface area contributed by atoms with E-state index in [1.54, 1.807) is 11.8 Å². The average Bonchev–Trinajstić information content (AvgIpc) is 2.18. The number of hydrogen-bond acceptors (Lipinski definition) is 2. The fraction of sp³-hybridized carbons (Fsp3) is 0.500. The summed E-state index contributed by atoms with van der Waals surface area (Å²) in [7, 11) is 0. The van der Waals surface area contributed by atoms with Gasteiger partial charge in [0, 0.05) is 5.75 Å². The lowest BCUT2D eigenvalue weighted by Gasteiger charge is -2.11. The maximum absolute atomic E-state index is 9.74. The van der Waals surface area contributed by atoms with Crippen molar-refractivity contribution in [2.24, 2.45) is 0 Å². The number of thioether (sulfide) groups is 1. The predicted octanol–water partition coefficient (Wildman–Crippen LogP) is 2.65. The number of aliphatic hydroxyl groups is 1. The van der Waals surface area contributed by atoms with E-state index in [-0.39, 0.29) is 6.10 Å². The van der Waals surface area contributed by atoms with Crippen molar-refractivity contribution in [2.75, 3.05) is 11.5 Å². The van der Waals surface area contributed by atoms with E-state index >= 15 is 0 Å². The molecule has 14 heavy (non-hydrogen) atoms. The number of aryl methyl sites for hydroxylation is 1. The van der Waals surface area contributed by atoms with Crippen molar-refractivity contribution >= 4 is 11.8 Å². The van der Waals surface area contributed by atoms with E-state index in [1.807, 2.05) is 12.1 Å². The van der Waals surface area contributed by atoms with Crippen molar-refractivity contribution in [3.8, 4) is 0 Å². The van der Waals surface area contributed by atoms with Crippen LogP contribution < -0.4 is 0 Å². The van der Waals surface area contributed by atoms with Crippen LogP contribution in [0.5, 0.6) is 0 Å². The van der Waals surface area contributed by atoms with Crippen LogP contribution in [0.4, 0.5) is 0 Å². The van der Waals surface area contributed by atoms with Crippen molar-refractivity contribution in [2.45, 2.75) is 26.4 Å². The van der Waals surface area contributed by atoms with Crippen LogP contribution in [-0.4, -0.2) is 22.7 Å². The normalized spacial score (nSPS) is 12.8. The molecule has 0 saturated carbocycles. The first-order chi connectivity index (χ1) is 6.74. The summed E-state index contributed by atoms with van der Waals surface area (Å²) in [6.07, 6.45) is 0.570. The van der Waals surface area contributed by atoms with Crippen molar-refractivity contribution in [1.29, 1.82) is 0 Å². The van der Waals surface area contributed by atoms with Gasteiger partial charge in [-0.2, -0.15) is 11.8 Å². The molecule has 0 aliphatic rings. The van der Waals surface area contributed by atoms with Crippen LogP contribution in [0.25, 0.3) is 0 Å². The van der Waals surface area contributed by atoms with E-state index in [0.717, 1.165) is 17.9 Å². The highest BCUT2D eigenvalue weighted by Gasteiger charge is 2.06. The average molecular weight is 210 g/mol. The Morgan fingerprint density at radius 2 is 2.07 bits per heavy atom. The van der Waals surface area contributed by atoms with Gasteiger partial charge in [-0.05, 0) is 30.2 Å². The van der Waals surface area contributed by atoms with E-state index in [9.17, 15) is 5.11 Å². The molecule has 0 aliphatic carbocycles. The van der Waals surface area contributed by atoms with Crippen LogP contribution in [0, 0.1) is 6.92 Å². The molecule has 1 unspecified atom stereocenters. The second kappa shape index (κ2) is 6.10. The molecule has 2 heteroatoms. The van der Waals surface area contributed by atoms with Crippen molar-refractivity contribution < 1.29 is 5.11 Å². The molecule has 1 N–H and O–H groups in total. The van der Waals surface area contributed by atoms with E-state index in [4.69, 9.17) is 0 Å². The van der Waals surface area contributed by atoms with E-state index in [2.05, 4.69) is 26.0 Å². The highest BCUT2D eigenvalue weighted by Crippen LogP contribution is 2.12. The van der Waals surface area contributed by atoms with Gasteiger partial charge in [-0.3, -0.25) is 0 Å². The summed E-state index contributed by atoms with van der Waals surface area (Å²) in [6.45, 7) is 4.21. The molecular weight excluding hydrogens is 192 g/mol. The predicted molar refractivity (Wildman–Crippen MR) is 63.9 cm³/mol. The number of hydrogen-bond donors (Lipinski definition) is 1. The van der Waals surface area contributed by atoms with Gasteiger partial charge >= 0.3 is 0 Å². The van der Waals surface area contributed by atoms with E-state index < -0.39 is 0 Å². The Morgan fingerprint density at radius 1 is 1.36 bits per heavy atom. The van der Waals surface area contributed by atoms with E-state index in [1.165, 1.54) is 11.1 Å². The molecule has 0 fully saturated rings. The molecule has 78 valence electrons. The maximum atomic E-state index is 9.74. The third-order valence-corrected chi connectivity index (χ3v) is 3.26. The van der Waals surface area contributed by atoms with Crippen LogP contribution >= 0.6 is 11.8 Å². The lowest BCUT2D eigenvalue weighted by molar-refractivity contribution is 0.200. The summed E-state index contributed by atoms with van der Waals surface area (Å²) in [5.74, 6) is 1.91. The topological polar surface area (TPSA) is 20.2 Å². The molecular formula is C12H18OS. The number of rotatable bonds is 5. The lowest BCUT2D eigenvalue weighted by Crippen LogP contribution is -2.14. The minimum atomic E-state index is -0.207. The Hall–Kier alpha value is -0.470. The smallest absolute Gasteiger partial charge is 0.0670 e. The first kappa shape index (κ1) is 11.6. The summed E-state index contributed by atoms with van der Waals surface area (Å²) in [5, 5.41) is 9.74. The minimum Gasteiger partial charge on any atom is -0.392 e. The van der Waals surface area contributed by atoms with Crippen molar-refractivity contribution in [3.63, 3.8) is 0 Å². The highest BCUT2D eigenvalue weighted by atomic mass is 32.2. The molecule has 0 amide bonds. The second-order valence-electron chi connectivity index (χ2n) is 3.44. The fourth-order valence-electron chi connectivity index (χ4n) is 1.41. The first-order valence-corrected chi connectivity index (χ1v) is 6.19. The molecule has 1 aromatic rings. The Morgan fingerprint density at radius 3 is 2.71 bits per heavy atom. The molecule has 1 atom stereocenters. The molecule has 0 radical (unpaired) electrons. The van der Waals surface area contributed by atoms with Crippen molar-refractivity contribution in [3.05, 3.63) is 35.4 Å². The molecule has 1 rings (SSSR count). The number of benzene rings is 1. The van der Waals surface area contributed by atoms with Crippen LogP contribution in [0.3, 0.4) is 0 Å². The molecule has 1 aromatic carbocycles. The monoisotopic (exact) mass is 210 g/mol. The Labute approximate surface area is 90.5 Å². The quantitative estimate of drug-likeness (QED) is 0.806. The van der Waals surface area contributed by atoms with Crippen LogP contribution in [0.15, 0.2) is 24.3 Å². The summed E-state index contributed by atoms with van der Waals surface area (Å²) >= 11 is 1.79. The van der Waals surface area contributed by atoms with Gasteiger partial charge in [0.05, 0.1) is 6.10 Å². The van der Waals surface area contributed by atoms with Gasteiger partial charge in [0.25, 0.3) is 0 Å². The maximum Gasteiger partial charge on any atom is 0.0670 e. The van der Waals surface area contributed by atoms with Gasteiger partial charge in [0.15, 0.2) is 0 Å². The molecule has 0 aromatic heterocycles. The summed E-state index contributed by atoms with van der Waals surface area (Å²) in [6, 6.07) is 8.25. The SMILES string of the molecule is CCSCC(O)Cc1ccccc1C. The highest BCUT2D eigenvalue weighted by molar-refractivity contribution is 7.99. The third-order valence-electron chi connectivity index (χ3n) is 2.23. The molecule has 0 saturated heterocycles. The Kier molecular flexibility index (Phi) is 5.05.